The molecule has 2 heterocycles. The number of nitrogens with zero attached hydrogens (tertiary/aromatic N) is 2. The van der Waals surface area contributed by atoms with Crippen molar-refractivity contribution < 1.29 is 33.5 Å². The zero-order valence-electron chi connectivity index (χ0n) is 28.9. The molecule has 0 aromatic heterocycles. The summed E-state index contributed by atoms with van der Waals surface area (Å²) in [4.78, 5) is 82.0. The summed E-state index contributed by atoms with van der Waals surface area (Å²) in [7, 11) is 0. The first kappa shape index (κ1) is 34.3. The van der Waals surface area contributed by atoms with Crippen LogP contribution in [0.15, 0.2) is 158 Å². The number of ketones is 2. The Morgan fingerprint density at radius 2 is 0.818 bits per heavy atom. The number of carbonyl (C=O) groups excluding carboxylic acids is 6. The predicted molar refractivity (Wildman–Crippen MR) is 208 cm³/mol. The minimum atomic E-state index is -0.587. The van der Waals surface area contributed by atoms with Crippen molar-refractivity contribution in [2.45, 2.75) is 0 Å². The number of ether oxygens (including phenoxy) is 1. The van der Waals surface area contributed by atoms with E-state index in [0.717, 1.165) is 20.9 Å². The first-order valence-corrected chi connectivity index (χ1v) is 17.2. The van der Waals surface area contributed by atoms with Gasteiger partial charge in [-0.3, -0.25) is 28.8 Å². The second-order valence-electron chi connectivity index (χ2n) is 12.7. The summed E-state index contributed by atoms with van der Waals surface area (Å²) < 4.78 is 6.04. The van der Waals surface area contributed by atoms with E-state index in [0.29, 0.717) is 11.1 Å². The quantitative estimate of drug-likeness (QED) is 0.0788. The average Bonchev–Trinajstić information content (AvgIpc) is 3.62. The summed E-state index contributed by atoms with van der Waals surface area (Å²) in [6.45, 7) is 0. The third-order valence-corrected chi connectivity index (χ3v) is 9.18. The van der Waals surface area contributed by atoms with E-state index in [2.05, 4.69) is 0 Å². The molecule has 55 heavy (non-hydrogen) atoms. The lowest BCUT2D eigenvalue weighted by atomic mass is 10.1. The van der Waals surface area contributed by atoms with Gasteiger partial charge in [-0.2, -0.15) is 0 Å². The van der Waals surface area contributed by atoms with E-state index in [1.165, 1.54) is 60.7 Å². The van der Waals surface area contributed by atoms with Gasteiger partial charge in [-0.25, -0.2) is 9.80 Å². The Hall–Kier alpha value is -7.78. The van der Waals surface area contributed by atoms with Gasteiger partial charge in [-0.05, 0) is 83.9 Å². The maximum atomic E-state index is 13.6. The van der Waals surface area contributed by atoms with Crippen molar-refractivity contribution in [3.05, 3.63) is 202 Å². The molecule has 0 saturated heterocycles. The van der Waals surface area contributed by atoms with Crippen LogP contribution in [-0.4, -0.2) is 35.2 Å². The van der Waals surface area contributed by atoms with Crippen LogP contribution in [0.2, 0.25) is 0 Å². The second kappa shape index (κ2) is 14.3. The molecule has 4 amide bonds. The van der Waals surface area contributed by atoms with Crippen LogP contribution in [0.3, 0.4) is 0 Å². The number of allylic oxidation sites excluding steroid dienone is 2. The summed E-state index contributed by atoms with van der Waals surface area (Å²) in [6, 6.07) is 40.2. The molecule has 0 radical (unpaired) electrons. The van der Waals surface area contributed by atoms with Gasteiger partial charge in [0.05, 0.1) is 33.6 Å². The fraction of sp³-hybridized carbons (Fsp3) is 0. The van der Waals surface area contributed by atoms with Crippen LogP contribution in [-0.2, 0) is 0 Å². The van der Waals surface area contributed by atoms with E-state index in [1.54, 1.807) is 48.6 Å². The Kier molecular flexibility index (Phi) is 8.94. The molecular weight excluding hydrogens is 693 g/mol. The number of fused-ring (bicyclic) bond motifs is 2. The van der Waals surface area contributed by atoms with E-state index < -0.39 is 23.6 Å². The normalized spacial score (nSPS) is 13.5. The van der Waals surface area contributed by atoms with Crippen LogP contribution in [0.25, 0.3) is 12.2 Å². The zero-order valence-corrected chi connectivity index (χ0v) is 28.9. The number of imide groups is 2. The molecule has 0 fully saturated rings. The van der Waals surface area contributed by atoms with Gasteiger partial charge < -0.3 is 4.74 Å². The lowest BCUT2D eigenvalue weighted by molar-refractivity contribution is 0.0910. The van der Waals surface area contributed by atoms with Crippen LogP contribution in [0.5, 0.6) is 11.5 Å². The van der Waals surface area contributed by atoms with Gasteiger partial charge in [0.2, 0.25) is 0 Å². The fourth-order valence-electron chi connectivity index (χ4n) is 6.43. The Labute approximate surface area is 315 Å². The zero-order chi connectivity index (χ0) is 38.1. The molecule has 0 saturated carbocycles. The lowest BCUT2D eigenvalue weighted by Gasteiger charge is -2.14. The van der Waals surface area contributed by atoms with Gasteiger partial charge >= 0.3 is 0 Å². The number of carbonyl (C=O) groups is 6. The Morgan fingerprint density at radius 1 is 0.418 bits per heavy atom. The number of rotatable bonds is 10. The maximum absolute atomic E-state index is 13.6. The number of hydrogen-bond acceptors (Lipinski definition) is 7. The number of amides is 4. The van der Waals surface area contributed by atoms with Gasteiger partial charge in [0.15, 0.2) is 11.6 Å². The second-order valence-corrected chi connectivity index (χ2v) is 12.7. The number of benzene rings is 6. The average molecular weight is 721 g/mol. The monoisotopic (exact) mass is 720 g/mol. The Balaban J connectivity index is 0.981. The SMILES string of the molecule is O=C(C=Cc1ccccc1)c1cccc(N2C(=O)c3ccc(Oc4ccc5c(c4)C(=O)N(c4cccc(C(=O)C=Cc6ccccc6)c4)C5=O)cc3C2=O)c1. The first-order valence-electron chi connectivity index (χ1n) is 17.2. The molecule has 0 unspecified atom stereocenters. The van der Waals surface area contributed by atoms with Crippen molar-refractivity contribution >= 4 is 58.7 Å². The first-order chi connectivity index (χ1) is 26.7. The van der Waals surface area contributed by atoms with Crippen molar-refractivity contribution in [1.29, 1.82) is 0 Å². The summed E-state index contributed by atoms with van der Waals surface area (Å²) in [5.41, 5.74) is 3.38. The smallest absolute Gasteiger partial charge is 0.266 e. The van der Waals surface area contributed by atoms with Crippen LogP contribution >= 0.6 is 0 Å². The molecule has 0 atom stereocenters. The van der Waals surface area contributed by atoms with Crippen molar-refractivity contribution in [1.82, 2.24) is 0 Å². The molecule has 9 heteroatoms. The van der Waals surface area contributed by atoms with Gasteiger partial charge in [-0.15, -0.1) is 0 Å². The Morgan fingerprint density at radius 3 is 1.24 bits per heavy atom. The van der Waals surface area contributed by atoms with E-state index in [1.807, 2.05) is 60.7 Å². The van der Waals surface area contributed by atoms with Gasteiger partial charge in [-0.1, -0.05) is 97.1 Å². The molecule has 6 aromatic carbocycles. The molecule has 0 spiro atoms. The third-order valence-electron chi connectivity index (χ3n) is 9.18. The number of anilines is 2. The minimum absolute atomic E-state index is 0.106. The highest BCUT2D eigenvalue weighted by Crippen LogP contribution is 2.35. The van der Waals surface area contributed by atoms with Crippen molar-refractivity contribution in [3.63, 3.8) is 0 Å². The standard InChI is InChI=1S/C46H28N2O7/c49-41(23-17-29-9-3-1-4-10-29)31-13-7-15-33(25-31)47-43(51)37-21-19-35(27-39(37)45(47)53)55-36-20-22-38-40(28-36)46(54)48(44(38)52)34-16-8-14-32(26-34)42(50)24-18-30-11-5-2-6-12-30/h1-28H. The molecule has 0 bridgehead atoms. The van der Waals surface area contributed by atoms with Crippen LogP contribution in [0.1, 0.15) is 73.3 Å². The largest absolute Gasteiger partial charge is 0.457 e. The molecule has 2 aliphatic rings. The summed E-state index contributed by atoms with van der Waals surface area (Å²) in [6.07, 6.45) is 6.26. The van der Waals surface area contributed by atoms with Crippen molar-refractivity contribution in [2.75, 3.05) is 9.80 Å². The summed E-state index contributed by atoms with van der Waals surface area (Å²) in [5, 5.41) is 0. The van der Waals surface area contributed by atoms with E-state index >= 15 is 0 Å². The number of hydrogen-bond donors (Lipinski definition) is 0. The van der Waals surface area contributed by atoms with Crippen molar-refractivity contribution in [3.8, 4) is 11.5 Å². The molecule has 0 aliphatic carbocycles. The van der Waals surface area contributed by atoms with E-state index in [4.69, 9.17) is 4.74 Å². The summed E-state index contributed by atoms with van der Waals surface area (Å²) in [5.74, 6) is -2.39. The molecule has 6 aromatic rings. The maximum Gasteiger partial charge on any atom is 0.266 e. The van der Waals surface area contributed by atoms with Crippen LogP contribution in [0.4, 0.5) is 11.4 Å². The molecule has 2 aliphatic heterocycles. The van der Waals surface area contributed by atoms with E-state index in [-0.39, 0.29) is 56.7 Å². The predicted octanol–water partition coefficient (Wildman–Crippen LogP) is 8.87. The van der Waals surface area contributed by atoms with Gasteiger partial charge in [0, 0.05) is 11.1 Å². The molecule has 9 nitrogen and oxygen atoms in total. The van der Waals surface area contributed by atoms with Crippen LogP contribution in [0, 0.1) is 0 Å². The van der Waals surface area contributed by atoms with Crippen LogP contribution < -0.4 is 14.5 Å². The lowest BCUT2D eigenvalue weighted by Crippen LogP contribution is -2.29. The molecular formula is C46H28N2O7. The highest BCUT2D eigenvalue weighted by atomic mass is 16.5. The van der Waals surface area contributed by atoms with Gasteiger partial charge in [0.1, 0.15) is 11.5 Å². The topological polar surface area (TPSA) is 118 Å². The molecule has 8 rings (SSSR count). The fourth-order valence-corrected chi connectivity index (χ4v) is 6.43. The molecule has 264 valence electrons. The highest BCUT2D eigenvalue weighted by Gasteiger charge is 2.39. The summed E-state index contributed by atoms with van der Waals surface area (Å²) >= 11 is 0. The highest BCUT2D eigenvalue weighted by molar-refractivity contribution is 6.35. The Bertz CT molecular complexity index is 2460. The van der Waals surface area contributed by atoms with E-state index in [9.17, 15) is 28.8 Å². The molecule has 0 N–H and O–H groups in total. The minimum Gasteiger partial charge on any atom is -0.457 e. The van der Waals surface area contributed by atoms with Gasteiger partial charge in [0.25, 0.3) is 23.6 Å². The van der Waals surface area contributed by atoms with Crippen molar-refractivity contribution in [2.24, 2.45) is 0 Å². The third kappa shape index (κ3) is 6.69.